The van der Waals surface area contributed by atoms with Crippen LogP contribution in [-0.2, 0) is 0 Å². The fraction of sp³-hybridized carbons (Fsp3) is 0.0667. The number of hydrogen-bond acceptors (Lipinski definition) is 6. The van der Waals surface area contributed by atoms with Crippen LogP contribution in [0.25, 0.3) is 0 Å². The number of nitrogens with one attached hydrogen (secondary N) is 2. The van der Waals surface area contributed by atoms with Gasteiger partial charge in [0.1, 0.15) is 0 Å². The largest absolute Gasteiger partial charge is 0.493 e. The molecule has 8 nitrogen and oxygen atoms in total. The van der Waals surface area contributed by atoms with Crippen molar-refractivity contribution >= 4 is 41.3 Å². The van der Waals surface area contributed by atoms with E-state index in [1.54, 1.807) is 78.9 Å². The van der Waals surface area contributed by atoms with Crippen molar-refractivity contribution in [2.45, 2.75) is 6.92 Å². The van der Waals surface area contributed by atoms with Crippen molar-refractivity contribution in [1.82, 2.24) is 5.43 Å². The van der Waals surface area contributed by atoms with Gasteiger partial charge in [-0.15, -0.1) is 0 Å². The summed E-state index contributed by atoms with van der Waals surface area (Å²) < 4.78 is 10.8. The Morgan fingerprint density at radius 3 is 2.23 bits per heavy atom. The van der Waals surface area contributed by atoms with E-state index in [1.165, 1.54) is 13.3 Å². The average molecular weight is 542 g/mol. The van der Waals surface area contributed by atoms with Crippen LogP contribution in [-0.4, -0.2) is 31.1 Å². The van der Waals surface area contributed by atoms with Gasteiger partial charge in [-0.2, -0.15) is 5.10 Å². The van der Waals surface area contributed by atoms with Crippen LogP contribution in [0.1, 0.15) is 42.2 Å². The Balaban J connectivity index is 1.37. The van der Waals surface area contributed by atoms with Gasteiger partial charge in [-0.05, 0) is 85.3 Å². The summed E-state index contributed by atoms with van der Waals surface area (Å²) in [6.07, 6.45) is 1.43. The standard InChI is InChI=1S/C30H24ClN3O5/c1-19-6-9-22(10-7-19)30(37)39-26-15-8-20(16-27(26)38-2)18-32-34-29(36)23-4-3-5-25(17-23)33-28(35)21-11-13-24(31)14-12-21/h3-18H,1-2H3,(H,33,35)(H,34,36). The van der Waals surface area contributed by atoms with Crippen LogP contribution in [0.15, 0.2) is 96.1 Å². The van der Waals surface area contributed by atoms with Crippen molar-refractivity contribution in [3.63, 3.8) is 0 Å². The third-order valence-corrected chi connectivity index (χ3v) is 5.80. The second-order valence-corrected chi connectivity index (χ2v) is 8.84. The van der Waals surface area contributed by atoms with Crippen LogP contribution in [0.3, 0.4) is 0 Å². The summed E-state index contributed by atoms with van der Waals surface area (Å²) in [7, 11) is 1.46. The van der Waals surface area contributed by atoms with Crippen molar-refractivity contribution in [2.24, 2.45) is 5.10 Å². The summed E-state index contributed by atoms with van der Waals surface area (Å²) in [5.74, 6) is -0.723. The molecule has 9 heteroatoms. The first kappa shape index (κ1) is 27.1. The van der Waals surface area contributed by atoms with Crippen molar-refractivity contribution in [2.75, 3.05) is 12.4 Å². The molecule has 0 aliphatic rings. The number of carbonyl (C=O) groups is 3. The number of ether oxygens (including phenoxy) is 2. The van der Waals surface area contributed by atoms with Crippen molar-refractivity contribution in [1.29, 1.82) is 0 Å². The molecular weight excluding hydrogens is 518 g/mol. The third-order valence-electron chi connectivity index (χ3n) is 5.55. The van der Waals surface area contributed by atoms with Gasteiger partial charge < -0.3 is 14.8 Å². The SMILES string of the molecule is COc1cc(C=NNC(=O)c2cccc(NC(=O)c3ccc(Cl)cc3)c2)ccc1OC(=O)c1ccc(C)cc1. The molecule has 2 N–H and O–H groups in total. The first-order valence-electron chi connectivity index (χ1n) is 11.8. The van der Waals surface area contributed by atoms with Crippen LogP contribution in [0.5, 0.6) is 11.5 Å². The molecule has 0 spiro atoms. The topological polar surface area (TPSA) is 106 Å². The Kier molecular flexibility index (Phi) is 8.71. The lowest BCUT2D eigenvalue weighted by atomic mass is 10.1. The number of hydrazone groups is 1. The summed E-state index contributed by atoms with van der Waals surface area (Å²) >= 11 is 5.87. The molecule has 4 aromatic rings. The molecule has 0 aromatic heterocycles. The molecule has 0 aliphatic heterocycles. The maximum Gasteiger partial charge on any atom is 0.343 e. The van der Waals surface area contributed by atoms with Crippen LogP contribution >= 0.6 is 11.6 Å². The lowest BCUT2D eigenvalue weighted by molar-refractivity contribution is 0.0729. The van der Waals surface area contributed by atoms with Crippen LogP contribution in [0, 0.1) is 6.92 Å². The number of amides is 2. The molecule has 0 heterocycles. The number of methoxy groups -OCH3 is 1. The van der Waals surface area contributed by atoms with E-state index in [0.717, 1.165) is 5.56 Å². The number of nitrogens with zero attached hydrogens (tertiary/aromatic N) is 1. The van der Waals surface area contributed by atoms with Gasteiger partial charge in [-0.1, -0.05) is 35.4 Å². The smallest absolute Gasteiger partial charge is 0.343 e. The van der Waals surface area contributed by atoms with E-state index in [2.05, 4.69) is 15.8 Å². The Labute approximate surface area is 230 Å². The molecule has 0 fully saturated rings. The Morgan fingerprint density at radius 2 is 1.51 bits per heavy atom. The first-order chi connectivity index (χ1) is 18.8. The molecule has 0 bridgehead atoms. The normalized spacial score (nSPS) is 10.6. The van der Waals surface area contributed by atoms with Gasteiger partial charge in [-0.25, -0.2) is 10.2 Å². The van der Waals surface area contributed by atoms with E-state index in [0.29, 0.717) is 38.7 Å². The molecule has 0 unspecified atom stereocenters. The Bertz CT molecular complexity index is 1530. The number of halogens is 1. The molecule has 2 amide bonds. The summed E-state index contributed by atoms with van der Waals surface area (Å²) in [4.78, 5) is 37.5. The van der Waals surface area contributed by atoms with Gasteiger partial charge in [0.15, 0.2) is 11.5 Å². The van der Waals surface area contributed by atoms with Crippen molar-refractivity contribution in [3.8, 4) is 11.5 Å². The molecule has 4 rings (SSSR count). The number of anilines is 1. The zero-order valence-corrected chi connectivity index (χ0v) is 21.9. The predicted octanol–water partition coefficient (Wildman–Crippen LogP) is 5.89. The lowest BCUT2D eigenvalue weighted by Gasteiger charge is -2.10. The van der Waals surface area contributed by atoms with E-state index >= 15 is 0 Å². The summed E-state index contributed by atoms with van der Waals surface area (Å²) in [5.41, 5.74) is 5.70. The summed E-state index contributed by atoms with van der Waals surface area (Å²) in [5, 5.41) is 7.28. The minimum atomic E-state index is -0.506. The van der Waals surface area contributed by atoms with E-state index in [9.17, 15) is 14.4 Å². The number of rotatable bonds is 8. The summed E-state index contributed by atoms with van der Waals surface area (Å²) in [6.45, 7) is 1.93. The fourth-order valence-electron chi connectivity index (χ4n) is 3.47. The van der Waals surface area contributed by atoms with Crippen molar-refractivity contribution in [3.05, 3.63) is 124 Å². The zero-order valence-electron chi connectivity index (χ0n) is 21.1. The molecule has 4 aromatic carbocycles. The molecule has 0 aliphatic carbocycles. The zero-order chi connectivity index (χ0) is 27.8. The van der Waals surface area contributed by atoms with Crippen LogP contribution in [0.4, 0.5) is 5.69 Å². The third kappa shape index (κ3) is 7.30. The van der Waals surface area contributed by atoms with Gasteiger partial charge >= 0.3 is 5.97 Å². The van der Waals surface area contributed by atoms with E-state index in [4.69, 9.17) is 21.1 Å². The van der Waals surface area contributed by atoms with Gasteiger partial charge in [0.25, 0.3) is 11.8 Å². The Morgan fingerprint density at radius 1 is 0.795 bits per heavy atom. The maximum atomic E-state index is 12.6. The van der Waals surface area contributed by atoms with Crippen LogP contribution < -0.4 is 20.2 Å². The second-order valence-electron chi connectivity index (χ2n) is 8.41. The first-order valence-corrected chi connectivity index (χ1v) is 12.2. The minimum absolute atomic E-state index is 0.252. The molecule has 196 valence electrons. The van der Waals surface area contributed by atoms with E-state index in [-0.39, 0.29) is 11.7 Å². The van der Waals surface area contributed by atoms with Crippen molar-refractivity contribution < 1.29 is 23.9 Å². The molecule has 0 saturated carbocycles. The number of carbonyl (C=O) groups excluding carboxylic acids is 3. The molecular formula is C30H24ClN3O5. The molecule has 39 heavy (non-hydrogen) atoms. The highest BCUT2D eigenvalue weighted by Crippen LogP contribution is 2.28. The number of hydrogen-bond donors (Lipinski definition) is 2. The van der Waals surface area contributed by atoms with Gasteiger partial charge in [-0.3, -0.25) is 9.59 Å². The van der Waals surface area contributed by atoms with Gasteiger partial charge in [0.05, 0.1) is 18.9 Å². The fourth-order valence-corrected chi connectivity index (χ4v) is 3.60. The predicted molar refractivity (Wildman–Crippen MR) is 150 cm³/mol. The maximum absolute atomic E-state index is 12.6. The highest BCUT2D eigenvalue weighted by molar-refractivity contribution is 6.30. The number of esters is 1. The monoisotopic (exact) mass is 541 g/mol. The summed E-state index contributed by atoms with van der Waals surface area (Å²) in [6, 6.07) is 24.9. The number of aryl methyl sites for hydroxylation is 1. The van der Waals surface area contributed by atoms with E-state index in [1.807, 2.05) is 19.1 Å². The lowest BCUT2D eigenvalue weighted by Crippen LogP contribution is -2.18. The molecule has 0 radical (unpaired) electrons. The van der Waals surface area contributed by atoms with Gasteiger partial charge in [0.2, 0.25) is 0 Å². The highest BCUT2D eigenvalue weighted by atomic mass is 35.5. The average Bonchev–Trinajstić information content (AvgIpc) is 2.94. The quantitative estimate of drug-likeness (QED) is 0.125. The van der Waals surface area contributed by atoms with Crippen LogP contribution in [0.2, 0.25) is 5.02 Å². The molecule has 0 atom stereocenters. The number of benzene rings is 4. The van der Waals surface area contributed by atoms with Gasteiger partial charge in [0, 0.05) is 21.8 Å². The Hall–Kier alpha value is -4.95. The molecule has 0 saturated heterocycles. The van der Waals surface area contributed by atoms with E-state index < -0.39 is 11.9 Å². The highest BCUT2D eigenvalue weighted by Gasteiger charge is 2.13. The minimum Gasteiger partial charge on any atom is -0.493 e. The second kappa shape index (κ2) is 12.5.